The SMILES string of the molecule is COCCNCc1ccc(N(C)C2CCC2)cc1. The van der Waals surface area contributed by atoms with Crippen LogP contribution in [-0.4, -0.2) is 33.4 Å². The number of benzene rings is 1. The van der Waals surface area contributed by atoms with Gasteiger partial charge in [-0.3, -0.25) is 0 Å². The minimum Gasteiger partial charge on any atom is -0.383 e. The Kier molecular flexibility index (Phi) is 5.02. The fourth-order valence-electron chi connectivity index (χ4n) is 2.24. The Morgan fingerprint density at radius 2 is 2.00 bits per heavy atom. The predicted octanol–water partition coefficient (Wildman–Crippen LogP) is 2.41. The molecule has 1 aliphatic carbocycles. The van der Waals surface area contributed by atoms with E-state index in [2.05, 4.69) is 41.5 Å². The number of rotatable bonds is 7. The quantitative estimate of drug-likeness (QED) is 0.750. The van der Waals surface area contributed by atoms with Crippen LogP contribution in [0.4, 0.5) is 5.69 Å². The average Bonchev–Trinajstić information content (AvgIpc) is 2.33. The summed E-state index contributed by atoms with van der Waals surface area (Å²) in [6, 6.07) is 9.64. The molecule has 1 N–H and O–H groups in total. The largest absolute Gasteiger partial charge is 0.383 e. The van der Waals surface area contributed by atoms with E-state index in [0.29, 0.717) is 0 Å². The summed E-state index contributed by atoms with van der Waals surface area (Å²) in [5.41, 5.74) is 2.66. The number of anilines is 1. The second-order valence-corrected chi connectivity index (χ2v) is 5.03. The highest BCUT2D eigenvalue weighted by molar-refractivity contribution is 5.48. The van der Waals surface area contributed by atoms with Crippen molar-refractivity contribution in [1.82, 2.24) is 5.32 Å². The van der Waals surface area contributed by atoms with Crippen LogP contribution in [0.5, 0.6) is 0 Å². The molecule has 0 aromatic heterocycles. The molecule has 1 fully saturated rings. The molecule has 1 aromatic carbocycles. The molecule has 0 saturated heterocycles. The zero-order chi connectivity index (χ0) is 12.8. The number of ether oxygens (including phenoxy) is 1. The van der Waals surface area contributed by atoms with Crippen LogP contribution in [-0.2, 0) is 11.3 Å². The minimum absolute atomic E-state index is 0.760. The van der Waals surface area contributed by atoms with Gasteiger partial charge in [0, 0.05) is 39.0 Å². The molecular formula is C15H24N2O. The second-order valence-electron chi connectivity index (χ2n) is 5.03. The lowest BCUT2D eigenvalue weighted by Crippen LogP contribution is -2.37. The van der Waals surface area contributed by atoms with E-state index in [1.165, 1.54) is 30.5 Å². The van der Waals surface area contributed by atoms with Crippen LogP contribution in [0, 0.1) is 0 Å². The summed E-state index contributed by atoms with van der Waals surface area (Å²) in [6.45, 7) is 2.58. The number of hydrogen-bond acceptors (Lipinski definition) is 3. The van der Waals surface area contributed by atoms with E-state index < -0.39 is 0 Å². The summed E-state index contributed by atoms with van der Waals surface area (Å²) < 4.78 is 5.01. The summed E-state index contributed by atoms with van der Waals surface area (Å²) in [5.74, 6) is 0. The highest BCUT2D eigenvalue weighted by Gasteiger charge is 2.21. The van der Waals surface area contributed by atoms with Crippen molar-refractivity contribution < 1.29 is 4.74 Å². The zero-order valence-corrected chi connectivity index (χ0v) is 11.5. The van der Waals surface area contributed by atoms with Gasteiger partial charge in [-0.05, 0) is 37.0 Å². The third kappa shape index (κ3) is 3.47. The molecule has 100 valence electrons. The Morgan fingerprint density at radius 3 is 2.56 bits per heavy atom. The molecule has 0 unspecified atom stereocenters. The van der Waals surface area contributed by atoms with Crippen LogP contribution in [0.15, 0.2) is 24.3 Å². The fourth-order valence-corrected chi connectivity index (χ4v) is 2.24. The van der Waals surface area contributed by atoms with E-state index in [4.69, 9.17) is 4.74 Å². The Bertz CT molecular complexity index is 346. The van der Waals surface area contributed by atoms with Crippen molar-refractivity contribution in [3.8, 4) is 0 Å². The molecule has 0 bridgehead atoms. The molecule has 0 aliphatic heterocycles. The lowest BCUT2D eigenvalue weighted by molar-refractivity contribution is 0.199. The third-order valence-corrected chi connectivity index (χ3v) is 3.78. The summed E-state index contributed by atoms with van der Waals surface area (Å²) in [7, 11) is 3.93. The number of nitrogens with one attached hydrogen (secondary N) is 1. The number of nitrogens with zero attached hydrogens (tertiary/aromatic N) is 1. The summed E-state index contributed by atoms with van der Waals surface area (Å²) >= 11 is 0. The first-order valence-corrected chi connectivity index (χ1v) is 6.82. The molecule has 1 aliphatic rings. The maximum atomic E-state index is 5.01. The first kappa shape index (κ1) is 13.4. The summed E-state index contributed by atoms with van der Waals surface area (Å²) in [6.07, 6.45) is 4.07. The molecule has 1 aromatic rings. The van der Waals surface area contributed by atoms with E-state index in [-0.39, 0.29) is 0 Å². The van der Waals surface area contributed by atoms with E-state index >= 15 is 0 Å². The van der Waals surface area contributed by atoms with Crippen LogP contribution >= 0.6 is 0 Å². The lowest BCUT2D eigenvalue weighted by atomic mass is 9.91. The van der Waals surface area contributed by atoms with Gasteiger partial charge in [0.15, 0.2) is 0 Å². The monoisotopic (exact) mass is 248 g/mol. The van der Waals surface area contributed by atoms with Crippen LogP contribution in [0.1, 0.15) is 24.8 Å². The van der Waals surface area contributed by atoms with Crippen molar-refractivity contribution in [2.24, 2.45) is 0 Å². The normalized spacial score (nSPS) is 15.4. The fraction of sp³-hybridized carbons (Fsp3) is 0.600. The standard InChI is InChI=1S/C15H24N2O/c1-17(14-4-3-5-14)15-8-6-13(7-9-15)12-16-10-11-18-2/h6-9,14,16H,3-5,10-12H2,1-2H3. The number of hydrogen-bond donors (Lipinski definition) is 1. The van der Waals surface area contributed by atoms with E-state index in [9.17, 15) is 0 Å². The Labute approximate surface area is 110 Å². The van der Waals surface area contributed by atoms with Crippen LogP contribution in [0.2, 0.25) is 0 Å². The van der Waals surface area contributed by atoms with Gasteiger partial charge in [-0.2, -0.15) is 0 Å². The second kappa shape index (κ2) is 6.76. The molecule has 0 spiro atoms. The third-order valence-electron chi connectivity index (χ3n) is 3.78. The van der Waals surface area contributed by atoms with Crippen LogP contribution < -0.4 is 10.2 Å². The molecule has 3 heteroatoms. The lowest BCUT2D eigenvalue weighted by Gasteiger charge is -2.36. The Morgan fingerprint density at radius 1 is 1.28 bits per heavy atom. The molecule has 3 nitrogen and oxygen atoms in total. The summed E-state index contributed by atoms with van der Waals surface area (Å²) in [5, 5.41) is 3.36. The van der Waals surface area contributed by atoms with Crippen LogP contribution in [0.25, 0.3) is 0 Å². The molecular weight excluding hydrogens is 224 g/mol. The van der Waals surface area contributed by atoms with Gasteiger partial charge in [0.25, 0.3) is 0 Å². The van der Waals surface area contributed by atoms with Crippen molar-refractivity contribution in [2.45, 2.75) is 31.8 Å². The molecule has 18 heavy (non-hydrogen) atoms. The minimum atomic E-state index is 0.760. The van der Waals surface area contributed by atoms with E-state index in [1.807, 2.05) is 0 Å². The first-order chi connectivity index (χ1) is 8.81. The predicted molar refractivity (Wildman–Crippen MR) is 76.1 cm³/mol. The Hall–Kier alpha value is -1.06. The van der Waals surface area contributed by atoms with Gasteiger partial charge < -0.3 is 15.0 Å². The average molecular weight is 248 g/mol. The van der Waals surface area contributed by atoms with Gasteiger partial charge in [-0.1, -0.05) is 12.1 Å². The van der Waals surface area contributed by atoms with Crippen molar-refractivity contribution >= 4 is 5.69 Å². The highest BCUT2D eigenvalue weighted by Crippen LogP contribution is 2.28. The highest BCUT2D eigenvalue weighted by atomic mass is 16.5. The van der Waals surface area contributed by atoms with Gasteiger partial charge in [-0.25, -0.2) is 0 Å². The van der Waals surface area contributed by atoms with Crippen molar-refractivity contribution in [1.29, 1.82) is 0 Å². The first-order valence-electron chi connectivity index (χ1n) is 6.82. The summed E-state index contributed by atoms with van der Waals surface area (Å²) in [4.78, 5) is 2.41. The van der Waals surface area contributed by atoms with Gasteiger partial charge in [0.1, 0.15) is 0 Å². The molecule has 0 atom stereocenters. The molecule has 1 saturated carbocycles. The zero-order valence-electron chi connectivity index (χ0n) is 11.5. The van der Waals surface area contributed by atoms with Crippen molar-refractivity contribution in [2.75, 3.05) is 32.2 Å². The maximum Gasteiger partial charge on any atom is 0.0587 e. The smallest absolute Gasteiger partial charge is 0.0587 e. The van der Waals surface area contributed by atoms with Gasteiger partial charge in [-0.15, -0.1) is 0 Å². The number of methoxy groups -OCH3 is 1. The van der Waals surface area contributed by atoms with Gasteiger partial charge in [0.05, 0.1) is 6.61 Å². The maximum absolute atomic E-state index is 5.01. The van der Waals surface area contributed by atoms with Gasteiger partial charge in [0.2, 0.25) is 0 Å². The van der Waals surface area contributed by atoms with E-state index in [0.717, 1.165) is 25.7 Å². The Balaban J connectivity index is 1.81. The molecule has 0 radical (unpaired) electrons. The van der Waals surface area contributed by atoms with Crippen molar-refractivity contribution in [3.05, 3.63) is 29.8 Å². The molecule has 2 rings (SSSR count). The molecule has 0 heterocycles. The molecule has 0 amide bonds. The van der Waals surface area contributed by atoms with Gasteiger partial charge >= 0.3 is 0 Å². The topological polar surface area (TPSA) is 24.5 Å². The van der Waals surface area contributed by atoms with E-state index in [1.54, 1.807) is 7.11 Å². The van der Waals surface area contributed by atoms with Crippen molar-refractivity contribution in [3.63, 3.8) is 0 Å². The van der Waals surface area contributed by atoms with Crippen LogP contribution in [0.3, 0.4) is 0 Å².